The fraction of sp³-hybridized carbons (Fsp3) is 0.348. The highest BCUT2D eigenvalue weighted by molar-refractivity contribution is 5.97. The Bertz CT molecular complexity index is 1340. The van der Waals surface area contributed by atoms with E-state index in [-0.39, 0.29) is 35.2 Å². The molecule has 0 fully saturated rings. The molecule has 1 aromatic carbocycles. The van der Waals surface area contributed by atoms with E-state index in [1.165, 1.54) is 24.8 Å². The quantitative estimate of drug-likeness (QED) is 0.507. The number of aromatic nitrogens is 3. The molecule has 176 valence electrons. The summed E-state index contributed by atoms with van der Waals surface area (Å²) in [6.45, 7) is 3.90. The number of ether oxygens (including phenoxy) is 1. The van der Waals surface area contributed by atoms with Gasteiger partial charge in [0.05, 0.1) is 36.0 Å². The van der Waals surface area contributed by atoms with Gasteiger partial charge >= 0.3 is 6.18 Å². The lowest BCUT2D eigenvalue weighted by molar-refractivity contribution is -0.139. The van der Waals surface area contributed by atoms with Crippen molar-refractivity contribution in [3.8, 4) is 23.1 Å². The number of aliphatic imine (C=N–C) groups is 1. The van der Waals surface area contributed by atoms with E-state index >= 15 is 0 Å². The van der Waals surface area contributed by atoms with Crippen LogP contribution in [0.15, 0.2) is 35.6 Å². The Morgan fingerprint density at radius 1 is 1.24 bits per heavy atom. The minimum absolute atomic E-state index is 0.0227. The van der Waals surface area contributed by atoms with E-state index in [1.807, 2.05) is 6.07 Å². The van der Waals surface area contributed by atoms with Crippen LogP contribution in [0.1, 0.15) is 31.5 Å². The number of alkyl halides is 3. The summed E-state index contributed by atoms with van der Waals surface area (Å²) in [6.07, 6.45) is -1.30. The smallest absolute Gasteiger partial charge is 0.419 e. The van der Waals surface area contributed by atoms with Crippen molar-refractivity contribution in [1.29, 1.82) is 5.26 Å². The van der Waals surface area contributed by atoms with E-state index in [4.69, 9.17) is 4.74 Å². The van der Waals surface area contributed by atoms with Crippen molar-refractivity contribution in [2.24, 2.45) is 12.0 Å². The van der Waals surface area contributed by atoms with Crippen molar-refractivity contribution in [2.75, 3.05) is 13.2 Å². The molecule has 3 aromatic rings. The molecule has 0 spiro atoms. The number of pyridine rings is 1. The number of rotatable bonds is 6. The Labute approximate surface area is 193 Å². The second kappa shape index (κ2) is 8.44. The number of aryl methyl sites for hydroxylation is 1. The molecule has 2 aromatic heterocycles. The minimum atomic E-state index is -4.66. The van der Waals surface area contributed by atoms with Gasteiger partial charge < -0.3 is 14.2 Å². The minimum Gasteiger partial charge on any atom is -0.493 e. The fourth-order valence-electron chi connectivity index (χ4n) is 3.69. The van der Waals surface area contributed by atoms with Crippen LogP contribution in [0.2, 0.25) is 0 Å². The Hall–Kier alpha value is -3.94. The van der Waals surface area contributed by atoms with Crippen molar-refractivity contribution < 1.29 is 22.7 Å². The first-order valence-electron chi connectivity index (χ1n) is 10.4. The van der Waals surface area contributed by atoms with Gasteiger partial charge in [-0.1, -0.05) is 0 Å². The first-order chi connectivity index (χ1) is 16.0. The van der Waals surface area contributed by atoms with Gasteiger partial charge in [0.2, 0.25) is 0 Å². The van der Waals surface area contributed by atoms with E-state index in [2.05, 4.69) is 15.0 Å². The van der Waals surface area contributed by atoms with Gasteiger partial charge in [-0.25, -0.2) is 15.0 Å². The number of imidazole rings is 1. The highest BCUT2D eigenvalue weighted by atomic mass is 19.4. The second-order valence-corrected chi connectivity index (χ2v) is 8.40. The number of carbonyl (C=O) groups is 1. The third-order valence-corrected chi connectivity index (χ3v) is 5.76. The van der Waals surface area contributed by atoms with E-state index in [9.17, 15) is 23.2 Å². The van der Waals surface area contributed by atoms with Crippen molar-refractivity contribution in [1.82, 2.24) is 19.4 Å². The largest absolute Gasteiger partial charge is 0.493 e. The summed E-state index contributed by atoms with van der Waals surface area (Å²) in [6, 6.07) is 7.24. The maximum absolute atomic E-state index is 13.8. The molecule has 8 nitrogen and oxygen atoms in total. The van der Waals surface area contributed by atoms with Crippen LogP contribution in [0.5, 0.6) is 5.75 Å². The number of fused-ring (bicyclic) bond motifs is 1. The zero-order valence-electron chi connectivity index (χ0n) is 18.7. The molecule has 34 heavy (non-hydrogen) atoms. The monoisotopic (exact) mass is 470 g/mol. The van der Waals surface area contributed by atoms with Crippen LogP contribution >= 0.6 is 0 Å². The van der Waals surface area contributed by atoms with Crippen LogP contribution in [0.4, 0.5) is 13.2 Å². The number of hydrogen-bond donors (Lipinski definition) is 0. The van der Waals surface area contributed by atoms with Crippen molar-refractivity contribution in [3.63, 3.8) is 0 Å². The van der Waals surface area contributed by atoms with Crippen LogP contribution in [-0.2, 0) is 18.0 Å². The highest BCUT2D eigenvalue weighted by Gasteiger charge is 2.37. The SMILES string of the molecule is Cn1cnc2c(C#N)nc(-c3ccc(OCCCN4C=NC(=O)C4(C)C)c(C(F)(F)F)c3)cc21. The number of nitrogens with zero attached hydrogens (tertiary/aromatic N) is 6. The molecule has 1 amide bonds. The van der Waals surface area contributed by atoms with Crippen LogP contribution in [0, 0.1) is 11.3 Å². The van der Waals surface area contributed by atoms with Gasteiger partial charge in [0.1, 0.15) is 22.9 Å². The summed E-state index contributed by atoms with van der Waals surface area (Å²) in [5.41, 5.74) is -0.275. The summed E-state index contributed by atoms with van der Waals surface area (Å²) >= 11 is 0. The van der Waals surface area contributed by atoms with E-state index < -0.39 is 17.3 Å². The Balaban J connectivity index is 1.56. The Morgan fingerprint density at radius 3 is 2.65 bits per heavy atom. The molecule has 1 aliphatic heterocycles. The van der Waals surface area contributed by atoms with Crippen molar-refractivity contribution >= 4 is 23.3 Å². The molecule has 1 aliphatic rings. The van der Waals surface area contributed by atoms with Crippen LogP contribution in [0.3, 0.4) is 0 Å². The summed E-state index contributed by atoms with van der Waals surface area (Å²) in [5.74, 6) is -0.565. The highest BCUT2D eigenvalue weighted by Crippen LogP contribution is 2.39. The lowest BCUT2D eigenvalue weighted by Gasteiger charge is -2.29. The zero-order valence-corrected chi connectivity index (χ0v) is 18.7. The fourth-order valence-corrected chi connectivity index (χ4v) is 3.69. The van der Waals surface area contributed by atoms with Crippen LogP contribution < -0.4 is 4.74 Å². The van der Waals surface area contributed by atoms with Crippen LogP contribution in [-0.4, -0.2) is 50.4 Å². The Kier molecular flexibility index (Phi) is 5.77. The predicted octanol–water partition coefficient (Wildman–Crippen LogP) is 3.94. The van der Waals surface area contributed by atoms with E-state index in [1.54, 1.807) is 36.4 Å². The Morgan fingerprint density at radius 2 is 2.00 bits per heavy atom. The first-order valence-corrected chi connectivity index (χ1v) is 10.4. The van der Waals surface area contributed by atoms with Crippen LogP contribution in [0.25, 0.3) is 22.3 Å². The summed E-state index contributed by atoms with van der Waals surface area (Å²) < 4.78 is 48.6. The second-order valence-electron chi connectivity index (χ2n) is 8.40. The maximum Gasteiger partial charge on any atom is 0.419 e. The molecule has 0 atom stereocenters. The lowest BCUT2D eigenvalue weighted by atomic mass is 10.0. The molecule has 11 heteroatoms. The molecular formula is C23H21F3N6O2. The number of nitriles is 1. The number of carbonyl (C=O) groups excluding carboxylic acids is 1. The molecule has 0 unspecified atom stereocenters. The number of halogens is 3. The molecule has 0 radical (unpaired) electrons. The van der Waals surface area contributed by atoms with Gasteiger partial charge in [0, 0.05) is 19.2 Å². The standard InChI is InChI=1S/C23H21F3N6O2/c1-22(2)21(33)29-13-32(22)7-4-8-34-19-6-5-14(9-15(19)23(24,25)26)16-10-18-20(17(11-27)30-16)28-12-31(18)3/h5-6,9-10,12-13H,4,7-8H2,1-3H3. The molecule has 0 N–H and O–H groups in total. The molecule has 0 saturated carbocycles. The predicted molar refractivity (Wildman–Crippen MR) is 118 cm³/mol. The number of hydrogen-bond acceptors (Lipinski definition) is 6. The topological polar surface area (TPSA) is 96.4 Å². The summed E-state index contributed by atoms with van der Waals surface area (Å²) in [7, 11) is 1.73. The molecule has 0 aliphatic carbocycles. The molecular weight excluding hydrogens is 449 g/mol. The van der Waals surface area contributed by atoms with Gasteiger partial charge in [-0.2, -0.15) is 18.4 Å². The van der Waals surface area contributed by atoms with E-state index in [0.29, 0.717) is 24.0 Å². The third kappa shape index (κ3) is 4.19. The lowest BCUT2D eigenvalue weighted by Crippen LogP contribution is -2.44. The van der Waals surface area contributed by atoms with Gasteiger partial charge in [-0.3, -0.25) is 4.79 Å². The van der Waals surface area contributed by atoms with Gasteiger partial charge in [-0.15, -0.1) is 0 Å². The molecule has 4 rings (SSSR count). The normalized spacial score (nSPS) is 15.2. The summed E-state index contributed by atoms with van der Waals surface area (Å²) in [4.78, 5) is 25.6. The first kappa shape index (κ1) is 23.2. The van der Waals surface area contributed by atoms with Gasteiger partial charge in [0.25, 0.3) is 5.91 Å². The zero-order chi connectivity index (χ0) is 24.7. The van der Waals surface area contributed by atoms with Gasteiger partial charge in [0.15, 0.2) is 5.69 Å². The van der Waals surface area contributed by atoms with Crippen molar-refractivity contribution in [3.05, 3.63) is 41.9 Å². The van der Waals surface area contributed by atoms with Gasteiger partial charge in [-0.05, 0) is 44.5 Å². The molecule has 0 saturated heterocycles. The van der Waals surface area contributed by atoms with E-state index in [0.717, 1.165) is 6.07 Å². The summed E-state index contributed by atoms with van der Waals surface area (Å²) in [5, 5.41) is 9.40. The number of amides is 1. The van der Waals surface area contributed by atoms with Crippen molar-refractivity contribution in [2.45, 2.75) is 32.0 Å². The third-order valence-electron chi connectivity index (χ3n) is 5.76. The average Bonchev–Trinajstić information content (AvgIpc) is 3.29. The molecule has 0 bridgehead atoms. The molecule has 3 heterocycles. The number of benzene rings is 1. The maximum atomic E-state index is 13.8. The average molecular weight is 470 g/mol.